The molecule has 1 saturated heterocycles. The number of hydrogen-bond acceptors (Lipinski definition) is 2. The second-order valence-electron chi connectivity index (χ2n) is 4.67. The lowest BCUT2D eigenvalue weighted by atomic mass is 10.1. The van der Waals surface area contributed by atoms with Gasteiger partial charge in [0.25, 0.3) is 0 Å². The summed E-state index contributed by atoms with van der Waals surface area (Å²) in [5.74, 6) is 0. The minimum Gasteiger partial charge on any atom is -0.316 e. The number of benzene rings is 1. The van der Waals surface area contributed by atoms with Crippen LogP contribution in [0.4, 0.5) is 0 Å². The van der Waals surface area contributed by atoms with Gasteiger partial charge in [0, 0.05) is 10.5 Å². The average Bonchev–Trinajstić information content (AvgIpc) is 2.84. The third-order valence-corrected chi connectivity index (χ3v) is 4.13. The first kappa shape index (κ1) is 13.1. The zero-order valence-corrected chi connectivity index (χ0v) is 11.8. The van der Waals surface area contributed by atoms with E-state index >= 15 is 0 Å². The van der Waals surface area contributed by atoms with Crippen molar-refractivity contribution in [1.29, 1.82) is 0 Å². The predicted octanol–water partition coefficient (Wildman–Crippen LogP) is 2.72. The van der Waals surface area contributed by atoms with Crippen LogP contribution in [0.1, 0.15) is 24.8 Å². The Kier molecular flexibility index (Phi) is 5.49. The van der Waals surface area contributed by atoms with Gasteiger partial charge in [-0.05, 0) is 56.9 Å². The van der Waals surface area contributed by atoms with Gasteiger partial charge in [0.15, 0.2) is 0 Å². The van der Waals surface area contributed by atoms with Crippen molar-refractivity contribution in [3.8, 4) is 0 Å². The van der Waals surface area contributed by atoms with Gasteiger partial charge in [-0.1, -0.05) is 34.1 Å². The Morgan fingerprint density at radius 3 is 2.94 bits per heavy atom. The predicted molar refractivity (Wildman–Crippen MR) is 76.4 cm³/mol. The van der Waals surface area contributed by atoms with Gasteiger partial charge < -0.3 is 10.6 Å². The molecular weight excluding hydrogens is 276 g/mol. The molecule has 1 unspecified atom stereocenters. The Labute approximate surface area is 112 Å². The highest BCUT2D eigenvalue weighted by atomic mass is 79.9. The molecule has 0 bridgehead atoms. The molecular formula is C14H21BrN2. The standard InChI is InChI=1S/C14H21BrN2/c15-14-6-2-1-4-12(14)7-10-16-11-8-13-5-3-9-17-13/h1-2,4,6,13,16-17H,3,5,7-11H2. The van der Waals surface area contributed by atoms with Crippen molar-refractivity contribution in [3.05, 3.63) is 34.3 Å². The van der Waals surface area contributed by atoms with Gasteiger partial charge in [0.1, 0.15) is 0 Å². The highest BCUT2D eigenvalue weighted by Crippen LogP contribution is 2.15. The molecule has 1 aliphatic heterocycles. The van der Waals surface area contributed by atoms with Crippen molar-refractivity contribution < 1.29 is 0 Å². The summed E-state index contributed by atoms with van der Waals surface area (Å²) >= 11 is 3.58. The minimum absolute atomic E-state index is 0.756. The minimum atomic E-state index is 0.756. The zero-order chi connectivity index (χ0) is 11.9. The van der Waals surface area contributed by atoms with Crippen LogP contribution in [0.5, 0.6) is 0 Å². The van der Waals surface area contributed by atoms with Crippen molar-refractivity contribution in [1.82, 2.24) is 10.6 Å². The molecule has 17 heavy (non-hydrogen) atoms. The van der Waals surface area contributed by atoms with Gasteiger partial charge in [-0.15, -0.1) is 0 Å². The maximum Gasteiger partial charge on any atom is 0.0207 e. The Balaban J connectivity index is 1.58. The van der Waals surface area contributed by atoms with E-state index in [4.69, 9.17) is 0 Å². The van der Waals surface area contributed by atoms with Gasteiger partial charge >= 0.3 is 0 Å². The van der Waals surface area contributed by atoms with E-state index in [0.29, 0.717) is 0 Å². The summed E-state index contributed by atoms with van der Waals surface area (Å²) < 4.78 is 1.22. The summed E-state index contributed by atoms with van der Waals surface area (Å²) in [5.41, 5.74) is 1.39. The smallest absolute Gasteiger partial charge is 0.0207 e. The highest BCUT2D eigenvalue weighted by Gasteiger charge is 2.12. The van der Waals surface area contributed by atoms with Crippen LogP contribution in [-0.4, -0.2) is 25.7 Å². The number of halogens is 1. The van der Waals surface area contributed by atoms with E-state index in [0.717, 1.165) is 25.6 Å². The van der Waals surface area contributed by atoms with Gasteiger partial charge in [0.2, 0.25) is 0 Å². The zero-order valence-electron chi connectivity index (χ0n) is 10.2. The van der Waals surface area contributed by atoms with Crippen LogP contribution in [0, 0.1) is 0 Å². The van der Waals surface area contributed by atoms with E-state index in [9.17, 15) is 0 Å². The van der Waals surface area contributed by atoms with Crippen LogP contribution in [0.25, 0.3) is 0 Å². The molecule has 1 aromatic carbocycles. The third-order valence-electron chi connectivity index (χ3n) is 3.36. The molecule has 1 fully saturated rings. The van der Waals surface area contributed by atoms with Crippen molar-refractivity contribution in [2.45, 2.75) is 31.7 Å². The van der Waals surface area contributed by atoms with Gasteiger partial charge in [0.05, 0.1) is 0 Å². The molecule has 94 valence electrons. The van der Waals surface area contributed by atoms with E-state index < -0.39 is 0 Å². The molecule has 0 saturated carbocycles. The van der Waals surface area contributed by atoms with Gasteiger partial charge in [-0.25, -0.2) is 0 Å². The first-order chi connectivity index (χ1) is 8.36. The third kappa shape index (κ3) is 4.41. The highest BCUT2D eigenvalue weighted by molar-refractivity contribution is 9.10. The molecule has 2 nitrogen and oxygen atoms in total. The second kappa shape index (κ2) is 7.14. The molecule has 0 aliphatic carbocycles. The number of rotatable bonds is 6. The van der Waals surface area contributed by atoms with Crippen LogP contribution in [0.15, 0.2) is 28.7 Å². The quantitative estimate of drug-likeness (QED) is 0.789. The van der Waals surface area contributed by atoms with Crippen LogP contribution in [-0.2, 0) is 6.42 Å². The van der Waals surface area contributed by atoms with Crippen molar-refractivity contribution in [2.24, 2.45) is 0 Å². The molecule has 0 spiro atoms. The molecule has 1 heterocycles. The summed E-state index contributed by atoms with van der Waals surface area (Å²) in [7, 11) is 0. The second-order valence-corrected chi connectivity index (χ2v) is 5.53. The molecule has 1 atom stereocenters. The van der Waals surface area contributed by atoms with Crippen LogP contribution in [0.3, 0.4) is 0 Å². The SMILES string of the molecule is Brc1ccccc1CCNCCC1CCCN1. The Bertz CT molecular complexity index is 335. The van der Waals surface area contributed by atoms with Crippen LogP contribution < -0.4 is 10.6 Å². The largest absolute Gasteiger partial charge is 0.316 e. The molecule has 0 aromatic heterocycles. The summed E-state index contributed by atoms with van der Waals surface area (Å²) in [6.07, 6.45) is 5.06. The molecule has 3 heteroatoms. The number of hydrogen-bond donors (Lipinski definition) is 2. The normalized spacial score (nSPS) is 19.7. The fraction of sp³-hybridized carbons (Fsp3) is 0.571. The molecule has 2 rings (SSSR count). The summed E-state index contributed by atoms with van der Waals surface area (Å²) in [6, 6.07) is 9.21. The van der Waals surface area contributed by atoms with E-state index in [2.05, 4.69) is 50.8 Å². The Morgan fingerprint density at radius 1 is 1.29 bits per heavy atom. The first-order valence-electron chi connectivity index (χ1n) is 6.54. The first-order valence-corrected chi connectivity index (χ1v) is 7.33. The van der Waals surface area contributed by atoms with E-state index in [1.807, 2.05) is 0 Å². The average molecular weight is 297 g/mol. The molecule has 0 amide bonds. The monoisotopic (exact) mass is 296 g/mol. The topological polar surface area (TPSA) is 24.1 Å². The molecule has 0 radical (unpaired) electrons. The summed E-state index contributed by atoms with van der Waals surface area (Å²) in [5, 5.41) is 7.05. The van der Waals surface area contributed by atoms with E-state index in [1.54, 1.807) is 0 Å². The van der Waals surface area contributed by atoms with Crippen LogP contribution in [0.2, 0.25) is 0 Å². The van der Waals surface area contributed by atoms with Crippen molar-refractivity contribution in [3.63, 3.8) is 0 Å². The maximum atomic E-state index is 3.58. The fourth-order valence-corrected chi connectivity index (χ4v) is 2.81. The Morgan fingerprint density at radius 2 is 2.18 bits per heavy atom. The lowest BCUT2D eigenvalue weighted by molar-refractivity contribution is 0.525. The van der Waals surface area contributed by atoms with E-state index in [1.165, 1.54) is 35.8 Å². The van der Waals surface area contributed by atoms with E-state index in [-0.39, 0.29) is 0 Å². The van der Waals surface area contributed by atoms with Gasteiger partial charge in [-0.3, -0.25) is 0 Å². The van der Waals surface area contributed by atoms with Gasteiger partial charge in [-0.2, -0.15) is 0 Å². The van der Waals surface area contributed by atoms with Crippen molar-refractivity contribution in [2.75, 3.05) is 19.6 Å². The van der Waals surface area contributed by atoms with Crippen molar-refractivity contribution >= 4 is 15.9 Å². The number of nitrogens with one attached hydrogen (secondary N) is 2. The summed E-state index contributed by atoms with van der Waals surface area (Å²) in [6.45, 7) is 3.40. The van der Waals surface area contributed by atoms with Crippen LogP contribution >= 0.6 is 15.9 Å². The summed E-state index contributed by atoms with van der Waals surface area (Å²) in [4.78, 5) is 0. The fourth-order valence-electron chi connectivity index (χ4n) is 2.33. The molecule has 2 N–H and O–H groups in total. The molecule has 1 aromatic rings. The lowest BCUT2D eigenvalue weighted by Crippen LogP contribution is -2.28. The molecule has 1 aliphatic rings. The Hall–Kier alpha value is -0.380. The lowest BCUT2D eigenvalue weighted by Gasteiger charge is -2.11. The maximum absolute atomic E-state index is 3.58.